The summed E-state index contributed by atoms with van der Waals surface area (Å²) in [5, 5.41) is 9.54. The van der Waals surface area contributed by atoms with E-state index in [-0.39, 0.29) is 16.7 Å². The monoisotopic (exact) mass is 226 g/mol. The van der Waals surface area contributed by atoms with Gasteiger partial charge in [0.2, 0.25) is 0 Å². The lowest BCUT2D eigenvalue weighted by atomic mass is 9.96. The Labute approximate surface area is 92.6 Å². The molecule has 1 fully saturated rings. The van der Waals surface area contributed by atoms with E-state index in [1.165, 1.54) is 13.2 Å². The van der Waals surface area contributed by atoms with Gasteiger partial charge >= 0.3 is 5.97 Å². The lowest BCUT2D eigenvalue weighted by molar-refractivity contribution is -0.143. The zero-order valence-electron chi connectivity index (χ0n) is 8.29. The molecule has 0 unspecified atom stereocenters. The average molecular weight is 227 g/mol. The van der Waals surface area contributed by atoms with Gasteiger partial charge in [0.15, 0.2) is 0 Å². The van der Waals surface area contributed by atoms with Crippen molar-refractivity contribution in [2.45, 2.75) is 18.3 Å². The van der Waals surface area contributed by atoms with Crippen LogP contribution >= 0.6 is 11.6 Å². The fourth-order valence-corrected chi connectivity index (χ4v) is 1.92. The van der Waals surface area contributed by atoms with Gasteiger partial charge in [0.05, 0.1) is 17.5 Å². The van der Waals surface area contributed by atoms with Gasteiger partial charge in [-0.1, -0.05) is 17.7 Å². The summed E-state index contributed by atoms with van der Waals surface area (Å²) in [7, 11) is 1.38. The number of halogens is 1. The van der Waals surface area contributed by atoms with E-state index in [9.17, 15) is 9.90 Å². The minimum absolute atomic E-state index is 0.0288. The van der Waals surface area contributed by atoms with Crippen molar-refractivity contribution in [3.8, 4) is 5.75 Å². The predicted octanol–water partition coefficient (Wildman–Crippen LogP) is 2.25. The van der Waals surface area contributed by atoms with Crippen LogP contribution in [0.15, 0.2) is 18.2 Å². The molecule has 4 heteroatoms. The van der Waals surface area contributed by atoms with E-state index in [0.29, 0.717) is 0 Å². The van der Waals surface area contributed by atoms with Crippen molar-refractivity contribution in [3.63, 3.8) is 0 Å². The third-order valence-corrected chi connectivity index (χ3v) is 3.13. The average Bonchev–Trinajstić information content (AvgIpc) is 3.02. The number of methoxy groups -OCH3 is 1. The number of phenolic OH excluding ortho intramolecular Hbond substituents is 1. The van der Waals surface area contributed by atoms with E-state index in [2.05, 4.69) is 0 Å². The number of carbonyl (C=O) groups is 1. The number of ether oxygens (including phenoxy) is 1. The van der Waals surface area contributed by atoms with E-state index in [1.54, 1.807) is 12.1 Å². The summed E-state index contributed by atoms with van der Waals surface area (Å²) in [6, 6.07) is 4.84. The maximum atomic E-state index is 11.6. The van der Waals surface area contributed by atoms with Crippen molar-refractivity contribution in [2.75, 3.05) is 7.11 Å². The fraction of sp³-hybridized carbons (Fsp3) is 0.364. The first-order chi connectivity index (χ1) is 7.10. The van der Waals surface area contributed by atoms with Gasteiger partial charge in [-0.25, -0.2) is 0 Å². The summed E-state index contributed by atoms with van der Waals surface area (Å²) < 4.78 is 4.76. The van der Waals surface area contributed by atoms with Crippen LogP contribution in [0.2, 0.25) is 5.02 Å². The third-order valence-electron chi connectivity index (χ3n) is 2.83. The van der Waals surface area contributed by atoms with Crippen LogP contribution in [0.3, 0.4) is 0 Å². The number of hydrogen-bond donors (Lipinski definition) is 1. The molecule has 0 radical (unpaired) electrons. The summed E-state index contributed by atoms with van der Waals surface area (Å²) >= 11 is 5.79. The Kier molecular flexibility index (Phi) is 2.35. The highest BCUT2D eigenvalue weighted by molar-refractivity contribution is 6.32. The molecular formula is C11H11ClO3. The minimum atomic E-state index is -0.522. The van der Waals surface area contributed by atoms with Crippen LogP contribution in [0.1, 0.15) is 18.4 Å². The van der Waals surface area contributed by atoms with Gasteiger partial charge < -0.3 is 9.84 Å². The van der Waals surface area contributed by atoms with Crippen LogP contribution in [-0.2, 0) is 14.9 Å². The van der Waals surface area contributed by atoms with Crippen molar-refractivity contribution in [3.05, 3.63) is 28.8 Å². The maximum Gasteiger partial charge on any atom is 0.316 e. The normalized spacial score (nSPS) is 17.2. The van der Waals surface area contributed by atoms with E-state index in [0.717, 1.165) is 18.4 Å². The molecule has 0 amide bonds. The molecule has 2 rings (SSSR count). The molecule has 0 saturated heterocycles. The maximum absolute atomic E-state index is 11.6. The Morgan fingerprint density at radius 3 is 2.67 bits per heavy atom. The summed E-state index contributed by atoms with van der Waals surface area (Å²) in [4.78, 5) is 11.6. The highest BCUT2D eigenvalue weighted by atomic mass is 35.5. The van der Waals surface area contributed by atoms with Crippen LogP contribution in [0, 0.1) is 0 Å². The molecule has 1 aromatic rings. The van der Waals surface area contributed by atoms with Crippen LogP contribution in [0.4, 0.5) is 0 Å². The molecule has 0 aromatic heterocycles. The first-order valence-corrected chi connectivity index (χ1v) is 5.05. The Bertz CT molecular complexity index is 410. The fourth-order valence-electron chi connectivity index (χ4n) is 1.74. The minimum Gasteiger partial charge on any atom is -0.506 e. The number of hydrogen-bond acceptors (Lipinski definition) is 3. The van der Waals surface area contributed by atoms with E-state index < -0.39 is 5.41 Å². The molecular weight excluding hydrogens is 216 g/mol. The second-order valence-corrected chi connectivity index (χ2v) is 4.15. The molecule has 0 heterocycles. The Morgan fingerprint density at radius 2 is 2.20 bits per heavy atom. The van der Waals surface area contributed by atoms with E-state index in [4.69, 9.17) is 16.3 Å². The van der Waals surface area contributed by atoms with Gasteiger partial charge in [0.25, 0.3) is 0 Å². The van der Waals surface area contributed by atoms with Crippen LogP contribution < -0.4 is 0 Å². The van der Waals surface area contributed by atoms with E-state index in [1.807, 2.05) is 0 Å². The Balaban J connectivity index is 2.38. The van der Waals surface area contributed by atoms with Crippen molar-refractivity contribution < 1.29 is 14.6 Å². The standard InChI is InChI=1S/C11H11ClO3/c1-15-10(14)11(4-5-11)7-2-3-9(13)8(12)6-7/h2-3,6,13H,4-5H2,1H3. The molecule has 0 bridgehead atoms. The molecule has 1 saturated carbocycles. The summed E-state index contributed by atoms with van der Waals surface area (Å²) in [5.41, 5.74) is 0.295. The predicted molar refractivity (Wildman–Crippen MR) is 56.0 cm³/mol. The SMILES string of the molecule is COC(=O)C1(c2ccc(O)c(Cl)c2)CC1. The second kappa shape index (κ2) is 3.42. The van der Waals surface area contributed by atoms with Crippen molar-refractivity contribution in [1.29, 1.82) is 0 Å². The lowest BCUT2D eigenvalue weighted by Crippen LogP contribution is -2.21. The molecule has 0 spiro atoms. The number of rotatable bonds is 2. The Morgan fingerprint density at radius 1 is 1.53 bits per heavy atom. The van der Waals surface area contributed by atoms with Crippen molar-refractivity contribution in [2.24, 2.45) is 0 Å². The number of esters is 1. The number of carbonyl (C=O) groups excluding carboxylic acids is 1. The third kappa shape index (κ3) is 1.57. The van der Waals surface area contributed by atoms with Crippen molar-refractivity contribution >= 4 is 17.6 Å². The first kappa shape index (κ1) is 10.3. The zero-order chi connectivity index (χ0) is 11.1. The molecule has 1 N–H and O–H groups in total. The largest absolute Gasteiger partial charge is 0.506 e. The van der Waals surface area contributed by atoms with Gasteiger partial charge in [-0.05, 0) is 30.5 Å². The molecule has 1 aromatic carbocycles. The molecule has 0 atom stereocenters. The van der Waals surface area contributed by atoms with E-state index >= 15 is 0 Å². The summed E-state index contributed by atoms with van der Waals surface area (Å²) in [6.45, 7) is 0. The number of phenols is 1. The summed E-state index contributed by atoms with van der Waals surface area (Å²) in [6.07, 6.45) is 1.56. The zero-order valence-corrected chi connectivity index (χ0v) is 9.04. The number of benzene rings is 1. The smallest absolute Gasteiger partial charge is 0.316 e. The van der Waals surface area contributed by atoms with Crippen LogP contribution in [0.5, 0.6) is 5.75 Å². The molecule has 3 nitrogen and oxygen atoms in total. The van der Waals surface area contributed by atoms with Crippen LogP contribution in [0.25, 0.3) is 0 Å². The van der Waals surface area contributed by atoms with Crippen molar-refractivity contribution in [1.82, 2.24) is 0 Å². The van der Waals surface area contributed by atoms with Gasteiger partial charge in [0, 0.05) is 0 Å². The molecule has 1 aliphatic rings. The second-order valence-electron chi connectivity index (χ2n) is 3.74. The Hall–Kier alpha value is -1.22. The van der Waals surface area contributed by atoms with Gasteiger partial charge in [-0.15, -0.1) is 0 Å². The molecule has 15 heavy (non-hydrogen) atoms. The highest BCUT2D eigenvalue weighted by Crippen LogP contribution is 2.50. The van der Waals surface area contributed by atoms with Gasteiger partial charge in [-0.3, -0.25) is 4.79 Å². The lowest BCUT2D eigenvalue weighted by Gasteiger charge is -2.13. The first-order valence-electron chi connectivity index (χ1n) is 4.67. The summed E-state index contributed by atoms with van der Waals surface area (Å²) in [5.74, 6) is -0.203. The quantitative estimate of drug-likeness (QED) is 0.787. The van der Waals surface area contributed by atoms with Crippen LogP contribution in [-0.4, -0.2) is 18.2 Å². The molecule has 0 aliphatic heterocycles. The highest BCUT2D eigenvalue weighted by Gasteiger charge is 2.52. The molecule has 1 aliphatic carbocycles. The van der Waals surface area contributed by atoms with Gasteiger partial charge in [-0.2, -0.15) is 0 Å². The van der Waals surface area contributed by atoms with Gasteiger partial charge in [0.1, 0.15) is 5.75 Å². The number of aromatic hydroxyl groups is 1. The molecule has 80 valence electrons. The topological polar surface area (TPSA) is 46.5 Å².